The second-order valence-electron chi connectivity index (χ2n) is 5.69. The Labute approximate surface area is 128 Å². The summed E-state index contributed by atoms with van der Waals surface area (Å²) in [5.41, 5.74) is 4.40. The van der Waals surface area contributed by atoms with E-state index in [0.29, 0.717) is 5.39 Å². The Balaban J connectivity index is 1.94. The van der Waals surface area contributed by atoms with Crippen molar-refractivity contribution in [2.24, 2.45) is 0 Å². The van der Waals surface area contributed by atoms with Gasteiger partial charge in [0.05, 0.1) is 10.9 Å². The van der Waals surface area contributed by atoms with E-state index < -0.39 is 0 Å². The van der Waals surface area contributed by atoms with Crippen molar-refractivity contribution in [3.05, 3.63) is 75.8 Å². The summed E-state index contributed by atoms with van der Waals surface area (Å²) in [4.78, 5) is 16.6. The molecule has 0 atom stereocenters. The second kappa shape index (κ2) is 4.95. The van der Waals surface area contributed by atoms with Crippen LogP contribution in [0.25, 0.3) is 22.6 Å². The first-order valence-corrected chi connectivity index (χ1v) is 7.50. The number of para-hydroxylation sites is 1. The molecule has 22 heavy (non-hydrogen) atoms. The summed E-state index contributed by atoms with van der Waals surface area (Å²) in [6.07, 6.45) is 3.07. The van der Waals surface area contributed by atoms with Gasteiger partial charge in [0.15, 0.2) is 0 Å². The lowest BCUT2D eigenvalue weighted by molar-refractivity contribution is 0.772. The molecule has 1 aliphatic rings. The minimum Gasteiger partial charge on any atom is -0.325 e. The fourth-order valence-electron chi connectivity index (χ4n) is 3.11. The molecule has 2 heterocycles. The number of aromatic nitrogens is 2. The van der Waals surface area contributed by atoms with E-state index in [4.69, 9.17) is 0 Å². The van der Waals surface area contributed by atoms with Crippen LogP contribution in [-0.4, -0.2) is 9.55 Å². The molecule has 0 aliphatic carbocycles. The lowest BCUT2D eigenvalue weighted by Gasteiger charge is -2.07. The SMILES string of the molecule is Cc1ccccc1C=C1CCn2c1nc(=O)c1ccccc12. The molecule has 0 amide bonds. The van der Waals surface area contributed by atoms with Crippen LogP contribution in [0.15, 0.2) is 53.3 Å². The summed E-state index contributed by atoms with van der Waals surface area (Å²) in [5.74, 6) is 0.812. The number of fused-ring (bicyclic) bond motifs is 3. The fraction of sp³-hybridized carbons (Fsp3) is 0.158. The minimum atomic E-state index is -0.139. The standard InChI is InChI=1S/C19H16N2O/c1-13-6-2-3-7-14(13)12-15-10-11-21-17-9-5-4-8-16(17)19(22)20-18(15)21/h2-9,12H,10-11H2,1H3. The highest BCUT2D eigenvalue weighted by atomic mass is 16.1. The fourth-order valence-corrected chi connectivity index (χ4v) is 3.11. The molecule has 108 valence electrons. The third kappa shape index (κ3) is 1.98. The van der Waals surface area contributed by atoms with Crippen molar-refractivity contribution in [2.45, 2.75) is 19.9 Å². The summed E-state index contributed by atoms with van der Waals surface area (Å²) in [7, 11) is 0. The van der Waals surface area contributed by atoms with Gasteiger partial charge in [0.25, 0.3) is 5.56 Å². The lowest BCUT2D eigenvalue weighted by Crippen LogP contribution is -2.14. The Morgan fingerprint density at radius 1 is 1.09 bits per heavy atom. The van der Waals surface area contributed by atoms with E-state index in [0.717, 1.165) is 29.9 Å². The van der Waals surface area contributed by atoms with Gasteiger partial charge in [-0.25, -0.2) is 0 Å². The van der Waals surface area contributed by atoms with Crippen molar-refractivity contribution in [3.8, 4) is 0 Å². The molecule has 0 spiro atoms. The van der Waals surface area contributed by atoms with E-state index in [-0.39, 0.29) is 5.56 Å². The smallest absolute Gasteiger partial charge is 0.281 e. The van der Waals surface area contributed by atoms with Gasteiger partial charge in [0.2, 0.25) is 0 Å². The van der Waals surface area contributed by atoms with Gasteiger partial charge in [-0.15, -0.1) is 0 Å². The summed E-state index contributed by atoms with van der Waals surface area (Å²) >= 11 is 0. The molecule has 3 nitrogen and oxygen atoms in total. The molecular weight excluding hydrogens is 272 g/mol. The average Bonchev–Trinajstić information content (AvgIpc) is 2.93. The van der Waals surface area contributed by atoms with Gasteiger partial charge >= 0.3 is 0 Å². The Morgan fingerprint density at radius 3 is 2.73 bits per heavy atom. The maximum atomic E-state index is 12.3. The van der Waals surface area contributed by atoms with E-state index in [1.165, 1.54) is 11.1 Å². The van der Waals surface area contributed by atoms with E-state index in [1.807, 2.05) is 36.4 Å². The number of benzene rings is 2. The maximum Gasteiger partial charge on any atom is 0.281 e. The second-order valence-corrected chi connectivity index (χ2v) is 5.69. The highest BCUT2D eigenvalue weighted by Gasteiger charge is 2.20. The van der Waals surface area contributed by atoms with Gasteiger partial charge < -0.3 is 4.57 Å². The van der Waals surface area contributed by atoms with Crippen LogP contribution in [0.3, 0.4) is 0 Å². The summed E-state index contributed by atoms with van der Waals surface area (Å²) < 4.78 is 2.15. The molecule has 0 fully saturated rings. The Bertz CT molecular complexity index is 967. The molecule has 4 rings (SSSR count). The van der Waals surface area contributed by atoms with Gasteiger partial charge in [-0.2, -0.15) is 4.98 Å². The van der Waals surface area contributed by atoms with Crippen LogP contribution in [0.1, 0.15) is 23.4 Å². The molecule has 1 aromatic heterocycles. The van der Waals surface area contributed by atoms with Crippen LogP contribution in [0.5, 0.6) is 0 Å². The zero-order chi connectivity index (χ0) is 15.1. The van der Waals surface area contributed by atoms with Crippen molar-refractivity contribution in [1.29, 1.82) is 0 Å². The number of hydrogen-bond donors (Lipinski definition) is 0. The molecule has 0 N–H and O–H groups in total. The molecule has 0 bridgehead atoms. The van der Waals surface area contributed by atoms with Crippen LogP contribution in [0.2, 0.25) is 0 Å². The molecule has 0 saturated heterocycles. The van der Waals surface area contributed by atoms with Crippen LogP contribution < -0.4 is 5.56 Å². The first-order valence-electron chi connectivity index (χ1n) is 7.50. The summed E-state index contributed by atoms with van der Waals surface area (Å²) in [6.45, 7) is 2.98. The highest BCUT2D eigenvalue weighted by molar-refractivity contribution is 5.86. The number of hydrogen-bond acceptors (Lipinski definition) is 2. The Morgan fingerprint density at radius 2 is 1.86 bits per heavy atom. The van der Waals surface area contributed by atoms with Crippen LogP contribution >= 0.6 is 0 Å². The first kappa shape index (κ1) is 13.0. The normalized spacial score (nSPS) is 15.4. The quantitative estimate of drug-likeness (QED) is 0.685. The van der Waals surface area contributed by atoms with Crippen LogP contribution in [0.4, 0.5) is 0 Å². The summed E-state index contributed by atoms with van der Waals surface area (Å²) in [6, 6.07) is 16.0. The van der Waals surface area contributed by atoms with Gasteiger partial charge in [-0.05, 0) is 48.3 Å². The van der Waals surface area contributed by atoms with Gasteiger partial charge in [-0.1, -0.05) is 36.4 Å². The van der Waals surface area contributed by atoms with Crippen molar-refractivity contribution in [3.63, 3.8) is 0 Å². The predicted molar refractivity (Wildman–Crippen MR) is 89.7 cm³/mol. The van der Waals surface area contributed by atoms with E-state index in [2.05, 4.69) is 34.7 Å². The van der Waals surface area contributed by atoms with E-state index in [9.17, 15) is 4.79 Å². The Kier molecular flexibility index (Phi) is 2.93. The van der Waals surface area contributed by atoms with Crippen LogP contribution in [0, 0.1) is 6.92 Å². The van der Waals surface area contributed by atoms with Crippen molar-refractivity contribution < 1.29 is 0 Å². The van der Waals surface area contributed by atoms with E-state index >= 15 is 0 Å². The molecule has 3 heteroatoms. The topological polar surface area (TPSA) is 34.9 Å². The molecule has 2 aromatic carbocycles. The number of allylic oxidation sites excluding steroid dienone is 1. The average molecular weight is 288 g/mol. The largest absolute Gasteiger partial charge is 0.325 e. The molecular formula is C19H16N2O. The van der Waals surface area contributed by atoms with Crippen molar-refractivity contribution >= 4 is 22.6 Å². The van der Waals surface area contributed by atoms with E-state index in [1.54, 1.807) is 0 Å². The number of rotatable bonds is 1. The van der Waals surface area contributed by atoms with Crippen LogP contribution in [-0.2, 0) is 6.54 Å². The van der Waals surface area contributed by atoms with Crippen molar-refractivity contribution in [2.75, 3.05) is 0 Å². The minimum absolute atomic E-state index is 0.139. The van der Waals surface area contributed by atoms with Gasteiger partial charge in [-0.3, -0.25) is 4.79 Å². The lowest BCUT2D eigenvalue weighted by atomic mass is 10.0. The van der Waals surface area contributed by atoms with Gasteiger partial charge in [0.1, 0.15) is 5.82 Å². The molecule has 0 saturated carbocycles. The number of aryl methyl sites for hydroxylation is 2. The molecule has 3 aromatic rings. The third-order valence-corrected chi connectivity index (χ3v) is 4.30. The zero-order valence-corrected chi connectivity index (χ0v) is 12.4. The third-order valence-electron chi connectivity index (χ3n) is 4.30. The highest BCUT2D eigenvalue weighted by Crippen LogP contribution is 2.29. The predicted octanol–water partition coefficient (Wildman–Crippen LogP) is 3.65. The molecule has 1 aliphatic heterocycles. The first-order chi connectivity index (χ1) is 10.7. The molecule has 0 unspecified atom stereocenters. The van der Waals surface area contributed by atoms with Gasteiger partial charge in [0, 0.05) is 6.54 Å². The maximum absolute atomic E-state index is 12.3. The number of nitrogens with zero attached hydrogens (tertiary/aromatic N) is 2. The Hall–Kier alpha value is -2.68. The zero-order valence-electron chi connectivity index (χ0n) is 12.4. The molecule has 0 radical (unpaired) electrons. The summed E-state index contributed by atoms with van der Waals surface area (Å²) in [5, 5.41) is 0.698. The monoisotopic (exact) mass is 288 g/mol. The van der Waals surface area contributed by atoms with Crippen molar-refractivity contribution in [1.82, 2.24) is 9.55 Å².